The van der Waals surface area contributed by atoms with Gasteiger partial charge in [0.1, 0.15) is 6.34 Å². The summed E-state index contributed by atoms with van der Waals surface area (Å²) in [4.78, 5) is 4.05. The van der Waals surface area contributed by atoms with E-state index in [2.05, 4.69) is 59.9 Å². The monoisotopic (exact) mass is 241 g/mol. The van der Waals surface area contributed by atoms with Crippen LogP contribution in [0, 0.1) is 0 Å². The van der Waals surface area contributed by atoms with Crippen LogP contribution in [0.1, 0.15) is 0 Å². The minimum absolute atomic E-state index is 1.09. The predicted octanol–water partition coefficient (Wildman–Crippen LogP) is 2.86. The molecule has 0 aromatic heterocycles. The summed E-state index contributed by atoms with van der Waals surface area (Å²) in [5, 5.41) is 3.01. The molecule has 0 unspecified atom stereocenters. The van der Waals surface area contributed by atoms with Crippen LogP contribution in [0.5, 0.6) is 0 Å². The normalized spacial score (nSPS) is 14.5. The van der Waals surface area contributed by atoms with Crippen molar-refractivity contribution in [2.24, 2.45) is 9.65 Å². The molecule has 3 nitrogen and oxygen atoms in total. The number of nitrogens with zero attached hydrogens (tertiary/aromatic N) is 2. The molecule has 1 N–H and O–H groups in total. The van der Waals surface area contributed by atoms with Crippen molar-refractivity contribution in [3.63, 3.8) is 0 Å². The van der Waals surface area contributed by atoms with Crippen molar-refractivity contribution < 1.29 is 0 Å². The summed E-state index contributed by atoms with van der Waals surface area (Å²) < 4.78 is 4.36. The van der Waals surface area contributed by atoms with Crippen LogP contribution in [0.4, 0.5) is 0 Å². The van der Waals surface area contributed by atoms with Gasteiger partial charge in [-0.3, -0.25) is 0 Å². The molecule has 0 aliphatic heterocycles. The average Bonchev–Trinajstić information content (AvgIpc) is 1.98. The average molecular weight is 241 g/mol. The van der Waals surface area contributed by atoms with E-state index in [1.807, 2.05) is 6.20 Å². The highest BCUT2D eigenvalue weighted by Crippen LogP contribution is 2.00. The van der Waals surface area contributed by atoms with Gasteiger partial charge < -0.3 is 9.97 Å². The Morgan fingerprint density at radius 3 is 2.07 bits per heavy atom. The molecule has 15 heavy (non-hydrogen) atoms. The summed E-state index contributed by atoms with van der Waals surface area (Å²) in [7, 11) is -2.43. The first-order chi connectivity index (χ1) is 6.71. The fraction of sp³-hybridized carbons (Fsp3) is 0.600. The number of hydrogen-bond donors (Lipinski definition) is 1. The van der Waals surface area contributed by atoms with Gasteiger partial charge in [-0.05, 0) is 25.8 Å². The molecule has 86 valence electrons. The van der Waals surface area contributed by atoms with E-state index in [4.69, 9.17) is 0 Å². The van der Waals surface area contributed by atoms with Gasteiger partial charge >= 0.3 is 0 Å². The van der Waals surface area contributed by atoms with E-state index in [0.717, 1.165) is 0 Å². The van der Waals surface area contributed by atoms with Crippen LogP contribution >= 0.6 is 0 Å². The zero-order valence-corrected chi connectivity index (χ0v) is 12.7. The second-order valence-electron chi connectivity index (χ2n) is 5.56. The van der Waals surface area contributed by atoms with Crippen molar-refractivity contribution in [3.8, 4) is 0 Å². The van der Waals surface area contributed by atoms with Crippen molar-refractivity contribution >= 4 is 29.0 Å². The maximum absolute atomic E-state index is 4.36. The fourth-order valence-corrected chi connectivity index (χ4v) is 1.63. The molecule has 0 bridgehead atoms. The van der Waals surface area contributed by atoms with Crippen LogP contribution < -0.4 is 5.32 Å². The topological polar surface area (TPSA) is 36.8 Å². The summed E-state index contributed by atoms with van der Waals surface area (Å²) >= 11 is 0. The molecule has 0 radical (unpaired) electrons. The van der Waals surface area contributed by atoms with E-state index in [1.54, 1.807) is 12.7 Å². The Labute approximate surface area is 95.5 Å². The molecule has 0 amide bonds. The van der Waals surface area contributed by atoms with Gasteiger partial charge in [0.05, 0.1) is 14.4 Å². The van der Waals surface area contributed by atoms with Crippen LogP contribution in [0.3, 0.4) is 0 Å². The van der Waals surface area contributed by atoms with Gasteiger partial charge in [0.25, 0.3) is 0 Å². The van der Waals surface area contributed by atoms with E-state index in [-0.39, 0.29) is 0 Å². The Morgan fingerprint density at radius 1 is 1.00 bits per heavy atom. The summed E-state index contributed by atoms with van der Waals surface area (Å²) in [6, 6.07) is 0. The third kappa shape index (κ3) is 13.3. The van der Waals surface area contributed by atoms with E-state index < -0.39 is 16.3 Å². The van der Waals surface area contributed by atoms with Crippen LogP contribution in [0.15, 0.2) is 21.5 Å². The molecule has 0 aromatic rings. The lowest BCUT2D eigenvalue weighted by Gasteiger charge is -2.07. The van der Waals surface area contributed by atoms with Crippen molar-refractivity contribution in [1.82, 2.24) is 5.32 Å². The Balaban J connectivity index is 3.84. The van der Waals surface area contributed by atoms with Crippen LogP contribution in [0.2, 0.25) is 39.3 Å². The summed E-state index contributed by atoms with van der Waals surface area (Å²) in [5.41, 5.74) is 2.23. The first kappa shape index (κ1) is 14.3. The predicted molar refractivity (Wildman–Crippen MR) is 76.0 cm³/mol. The van der Waals surface area contributed by atoms with Gasteiger partial charge in [-0.1, -0.05) is 25.3 Å². The maximum atomic E-state index is 4.36. The third-order valence-electron chi connectivity index (χ3n) is 1.34. The number of hydrogen-bond acceptors (Lipinski definition) is 1. The second-order valence-corrected chi connectivity index (χ2v) is 15.2. The highest BCUT2D eigenvalue weighted by atomic mass is 28.3. The number of nitrogens with one attached hydrogen (secondary N) is 1. The van der Waals surface area contributed by atoms with Gasteiger partial charge in [0, 0.05) is 0 Å². The molecular weight excluding hydrogens is 218 g/mol. The van der Waals surface area contributed by atoms with Crippen LogP contribution in [0.25, 0.3) is 0 Å². The molecule has 0 heterocycles. The standard InChI is InChI=1S/C10H23N3Si2/c1-14(2,3)8-7-11-9-12-10-13-15(4,5)6/h7-10H,1-6H3,(H,11,12,13)/b8-7+. The van der Waals surface area contributed by atoms with Gasteiger partial charge in [-0.15, -0.1) is 0 Å². The molecule has 0 saturated carbocycles. The van der Waals surface area contributed by atoms with Crippen molar-refractivity contribution in [3.05, 3.63) is 11.9 Å². The Kier molecular flexibility index (Phi) is 5.74. The van der Waals surface area contributed by atoms with Gasteiger partial charge in [0.2, 0.25) is 0 Å². The Bertz CT molecular complexity index is 257. The summed E-state index contributed by atoms with van der Waals surface area (Å²) in [6.07, 6.45) is 5.26. The van der Waals surface area contributed by atoms with Gasteiger partial charge in [-0.25, -0.2) is 4.99 Å². The fourth-order valence-electron chi connectivity index (χ4n) is 0.624. The molecular formula is C10H23N3Si2. The minimum atomic E-state index is -1.34. The second kappa shape index (κ2) is 6.02. The van der Waals surface area contributed by atoms with E-state index in [9.17, 15) is 0 Å². The van der Waals surface area contributed by atoms with E-state index in [0.29, 0.717) is 0 Å². The van der Waals surface area contributed by atoms with Crippen molar-refractivity contribution in [2.75, 3.05) is 0 Å². The quantitative estimate of drug-likeness (QED) is 0.448. The molecule has 0 aliphatic carbocycles. The molecule has 0 aromatic carbocycles. The smallest absolute Gasteiger partial charge is 0.174 e. The SMILES string of the molecule is C[Si](C)(C)/C=C/NC=NC=N[Si](C)(C)C. The lowest BCUT2D eigenvalue weighted by atomic mass is 11.0. The minimum Gasteiger partial charge on any atom is -0.353 e. The Hall–Kier alpha value is -0.686. The van der Waals surface area contributed by atoms with E-state index in [1.165, 1.54) is 0 Å². The van der Waals surface area contributed by atoms with Crippen LogP contribution in [-0.4, -0.2) is 29.0 Å². The number of rotatable bonds is 5. The molecule has 5 heteroatoms. The van der Waals surface area contributed by atoms with Gasteiger partial charge in [0.15, 0.2) is 8.24 Å². The lowest BCUT2D eigenvalue weighted by molar-refractivity contribution is 1.32. The van der Waals surface area contributed by atoms with Crippen molar-refractivity contribution in [2.45, 2.75) is 39.3 Å². The zero-order valence-electron chi connectivity index (χ0n) is 10.7. The molecule has 0 aliphatic rings. The molecule has 0 atom stereocenters. The first-order valence-electron chi connectivity index (χ1n) is 5.20. The first-order valence-corrected chi connectivity index (χ1v) is 12.2. The summed E-state index contributed by atoms with van der Waals surface area (Å²) in [5.74, 6) is 0. The molecule has 0 saturated heterocycles. The highest BCUT2D eigenvalue weighted by molar-refractivity contribution is 6.80. The van der Waals surface area contributed by atoms with Crippen LogP contribution in [-0.2, 0) is 0 Å². The molecule has 0 fully saturated rings. The Morgan fingerprint density at radius 2 is 1.60 bits per heavy atom. The largest absolute Gasteiger partial charge is 0.353 e. The van der Waals surface area contributed by atoms with Gasteiger partial charge in [-0.2, -0.15) is 0 Å². The zero-order chi connectivity index (χ0) is 11.9. The third-order valence-corrected chi connectivity index (χ3v) is 3.40. The lowest BCUT2D eigenvalue weighted by Crippen LogP contribution is -2.17. The number of aliphatic imine (C=N–C) groups is 1. The summed E-state index contributed by atoms with van der Waals surface area (Å²) in [6.45, 7) is 13.4. The maximum Gasteiger partial charge on any atom is 0.174 e. The van der Waals surface area contributed by atoms with E-state index >= 15 is 0 Å². The van der Waals surface area contributed by atoms with Crippen molar-refractivity contribution in [1.29, 1.82) is 0 Å². The molecule has 0 rings (SSSR count). The molecule has 0 spiro atoms. The highest BCUT2D eigenvalue weighted by Gasteiger charge is 2.08.